The lowest BCUT2D eigenvalue weighted by molar-refractivity contribution is 1.18. The predicted octanol–water partition coefficient (Wildman–Crippen LogP) is 5.75. The van der Waals surface area contributed by atoms with Gasteiger partial charge in [-0.25, -0.2) is 0 Å². The summed E-state index contributed by atoms with van der Waals surface area (Å²) < 4.78 is 0. The van der Waals surface area contributed by atoms with Gasteiger partial charge < -0.3 is 0 Å². The summed E-state index contributed by atoms with van der Waals surface area (Å²) in [7, 11) is 0. The van der Waals surface area contributed by atoms with E-state index in [2.05, 4.69) is 78.9 Å². The van der Waals surface area contributed by atoms with Gasteiger partial charge in [0.2, 0.25) is 0 Å². The van der Waals surface area contributed by atoms with Crippen molar-refractivity contribution < 1.29 is 0 Å². The summed E-state index contributed by atoms with van der Waals surface area (Å²) in [6, 6.07) is 28.2. The van der Waals surface area contributed by atoms with Crippen LogP contribution in [0.4, 0.5) is 0 Å². The molecule has 0 unspecified atom stereocenters. The van der Waals surface area contributed by atoms with E-state index < -0.39 is 0 Å². The molecule has 0 fully saturated rings. The van der Waals surface area contributed by atoms with Gasteiger partial charge in [-0.2, -0.15) is 20.4 Å². The molecular formula is C29H26N6. The monoisotopic (exact) mass is 458 g/mol. The number of rotatable bonds is 8. The Kier molecular flexibility index (Phi) is 8.11. The molecule has 0 radical (unpaired) electrons. The van der Waals surface area contributed by atoms with Crippen LogP contribution in [0.2, 0.25) is 0 Å². The van der Waals surface area contributed by atoms with E-state index in [4.69, 9.17) is 0 Å². The van der Waals surface area contributed by atoms with Crippen LogP contribution >= 0.6 is 0 Å². The van der Waals surface area contributed by atoms with Crippen LogP contribution in [-0.2, 0) is 6.42 Å². The number of hydrogen-bond donors (Lipinski definition) is 0. The first-order valence-corrected chi connectivity index (χ1v) is 11.3. The van der Waals surface area contributed by atoms with Gasteiger partial charge >= 0.3 is 0 Å². The summed E-state index contributed by atoms with van der Waals surface area (Å²) in [6.07, 6.45) is 7.63. The van der Waals surface area contributed by atoms with Crippen LogP contribution in [-0.4, -0.2) is 33.8 Å². The van der Waals surface area contributed by atoms with Crippen molar-refractivity contribution in [3.05, 3.63) is 131 Å². The van der Waals surface area contributed by atoms with Crippen LogP contribution in [0.3, 0.4) is 0 Å². The maximum Gasteiger partial charge on any atom is 0.0831 e. The van der Waals surface area contributed by atoms with Gasteiger partial charge in [0.25, 0.3) is 0 Å². The molecule has 0 amide bonds. The van der Waals surface area contributed by atoms with E-state index in [1.165, 1.54) is 11.1 Å². The van der Waals surface area contributed by atoms with Crippen molar-refractivity contribution in [2.45, 2.75) is 20.3 Å². The van der Waals surface area contributed by atoms with E-state index in [1.807, 2.05) is 50.2 Å². The van der Waals surface area contributed by atoms with Crippen LogP contribution in [0.1, 0.15) is 47.5 Å². The normalized spacial score (nSPS) is 12.5. The Morgan fingerprint density at radius 1 is 0.600 bits per heavy atom. The Morgan fingerprint density at radius 3 is 1.40 bits per heavy atom. The molecule has 172 valence electrons. The second-order valence-electron chi connectivity index (χ2n) is 7.94. The number of benzene rings is 2. The lowest BCUT2D eigenvalue weighted by Gasteiger charge is -2.06. The number of nitrogens with zero attached hydrogens (tertiary/aromatic N) is 6. The minimum absolute atomic E-state index is 0.782. The summed E-state index contributed by atoms with van der Waals surface area (Å²) >= 11 is 0. The smallest absolute Gasteiger partial charge is 0.0831 e. The van der Waals surface area contributed by atoms with E-state index in [1.54, 1.807) is 24.8 Å². The van der Waals surface area contributed by atoms with Crippen molar-refractivity contribution >= 4 is 23.9 Å². The number of hydrogen-bond acceptors (Lipinski definition) is 6. The quantitative estimate of drug-likeness (QED) is 0.249. The Morgan fingerprint density at radius 2 is 1.03 bits per heavy atom. The second kappa shape index (κ2) is 12.0. The van der Waals surface area contributed by atoms with Crippen LogP contribution in [0, 0.1) is 0 Å². The van der Waals surface area contributed by atoms with Crippen LogP contribution in [0.15, 0.2) is 118 Å². The second-order valence-corrected chi connectivity index (χ2v) is 7.94. The first-order valence-electron chi connectivity index (χ1n) is 11.3. The van der Waals surface area contributed by atoms with Crippen molar-refractivity contribution in [3.8, 4) is 0 Å². The molecule has 0 N–H and O–H groups in total. The molecule has 2 aromatic carbocycles. The Hall–Kier alpha value is -4.58. The molecule has 0 saturated heterocycles. The number of pyridine rings is 2. The summed E-state index contributed by atoms with van der Waals surface area (Å²) in [5, 5.41) is 16.9. The van der Waals surface area contributed by atoms with Crippen molar-refractivity contribution in [3.63, 3.8) is 0 Å². The average molecular weight is 459 g/mol. The van der Waals surface area contributed by atoms with E-state index in [-0.39, 0.29) is 0 Å². The van der Waals surface area contributed by atoms with Gasteiger partial charge in [0.05, 0.1) is 35.2 Å². The molecule has 4 rings (SSSR count). The zero-order valence-electron chi connectivity index (χ0n) is 19.8. The van der Waals surface area contributed by atoms with Crippen molar-refractivity contribution in [2.24, 2.45) is 20.4 Å². The molecule has 0 aliphatic heterocycles. The van der Waals surface area contributed by atoms with E-state index >= 15 is 0 Å². The molecular weight excluding hydrogens is 432 g/mol. The van der Waals surface area contributed by atoms with Crippen LogP contribution in [0.25, 0.3) is 0 Å². The highest BCUT2D eigenvalue weighted by molar-refractivity contribution is 5.99. The maximum absolute atomic E-state index is 4.29. The molecule has 6 heteroatoms. The molecule has 35 heavy (non-hydrogen) atoms. The van der Waals surface area contributed by atoms with E-state index in [9.17, 15) is 0 Å². The van der Waals surface area contributed by atoms with Gasteiger partial charge in [-0.1, -0.05) is 60.7 Å². The lowest BCUT2D eigenvalue weighted by atomic mass is 10.0. The Balaban J connectivity index is 1.34. The van der Waals surface area contributed by atoms with Gasteiger partial charge in [-0.05, 0) is 66.8 Å². The summed E-state index contributed by atoms with van der Waals surface area (Å²) in [6.45, 7) is 3.90. The third-order valence-electron chi connectivity index (χ3n) is 5.32. The molecule has 2 aromatic heterocycles. The van der Waals surface area contributed by atoms with Gasteiger partial charge in [-0.3, -0.25) is 9.97 Å². The highest BCUT2D eigenvalue weighted by atomic mass is 15.2. The zero-order valence-corrected chi connectivity index (χ0v) is 19.8. The molecule has 0 bridgehead atoms. The lowest BCUT2D eigenvalue weighted by Crippen LogP contribution is -1.97. The number of aromatic nitrogens is 2. The molecule has 0 aliphatic carbocycles. The fourth-order valence-corrected chi connectivity index (χ4v) is 3.33. The van der Waals surface area contributed by atoms with Crippen molar-refractivity contribution in [1.82, 2.24) is 9.97 Å². The van der Waals surface area contributed by atoms with Gasteiger partial charge in [0.1, 0.15) is 0 Å². The highest BCUT2D eigenvalue weighted by Gasteiger charge is 2.02. The molecule has 0 aliphatic rings. The minimum atomic E-state index is 0.782. The third kappa shape index (κ3) is 7.20. The van der Waals surface area contributed by atoms with Gasteiger partial charge in [0.15, 0.2) is 0 Å². The fraction of sp³-hybridized carbons (Fsp3) is 0.103. The molecule has 0 spiro atoms. The fourth-order valence-electron chi connectivity index (χ4n) is 3.33. The topological polar surface area (TPSA) is 75.2 Å². The molecule has 6 nitrogen and oxygen atoms in total. The summed E-state index contributed by atoms with van der Waals surface area (Å²) in [5.74, 6) is 0. The average Bonchev–Trinajstić information content (AvgIpc) is 2.90. The molecule has 0 atom stereocenters. The third-order valence-corrected chi connectivity index (χ3v) is 5.32. The SMILES string of the molecule is C/C(=N/N=C/c1ccccn1)c1ccc(Cc2ccc(/C(C)=N/N=C/c3ccccn3)cc2)cc1. The maximum atomic E-state index is 4.29. The van der Waals surface area contributed by atoms with Crippen molar-refractivity contribution in [1.29, 1.82) is 0 Å². The molecule has 2 heterocycles. The first-order chi connectivity index (χ1) is 17.2. The largest absolute Gasteiger partial charge is 0.255 e. The van der Waals surface area contributed by atoms with Crippen LogP contribution < -0.4 is 0 Å². The van der Waals surface area contributed by atoms with Crippen LogP contribution in [0.5, 0.6) is 0 Å². The zero-order chi connectivity index (χ0) is 24.3. The summed E-state index contributed by atoms with van der Waals surface area (Å²) in [4.78, 5) is 8.41. The molecule has 4 aromatic rings. The van der Waals surface area contributed by atoms with Crippen molar-refractivity contribution in [2.75, 3.05) is 0 Å². The first kappa shape index (κ1) is 23.6. The Labute approximate surface area is 205 Å². The minimum Gasteiger partial charge on any atom is -0.255 e. The standard InChI is InChI=1S/C29H26N6/c1-22(34-32-20-28-7-3-5-17-30-28)26-13-9-24(10-14-26)19-25-11-15-27(16-12-25)23(2)35-33-21-29-8-4-6-18-31-29/h3-18,20-21H,19H2,1-2H3/b32-20+,33-21+,34-22-,35-23+. The van der Waals surface area contributed by atoms with E-state index in [0.29, 0.717) is 0 Å². The molecule has 0 saturated carbocycles. The predicted molar refractivity (Wildman–Crippen MR) is 144 cm³/mol. The summed E-state index contributed by atoms with van der Waals surface area (Å²) in [5.41, 5.74) is 7.82. The Bertz CT molecular complexity index is 1230. The van der Waals surface area contributed by atoms with E-state index in [0.717, 1.165) is 40.4 Å². The van der Waals surface area contributed by atoms with Gasteiger partial charge in [-0.15, -0.1) is 0 Å². The highest BCUT2D eigenvalue weighted by Crippen LogP contribution is 2.13. The van der Waals surface area contributed by atoms with Gasteiger partial charge in [0, 0.05) is 12.4 Å².